The van der Waals surface area contributed by atoms with Crippen LogP contribution in [0.4, 0.5) is 24.3 Å². The number of benzene rings is 2. The van der Waals surface area contributed by atoms with Gasteiger partial charge in [0.15, 0.2) is 0 Å². The van der Waals surface area contributed by atoms with Crippen LogP contribution in [-0.2, 0) is 13.5 Å². The van der Waals surface area contributed by atoms with Crippen LogP contribution >= 0.6 is 26.6 Å². The molecule has 3 aliphatic carbocycles. The van der Waals surface area contributed by atoms with E-state index in [1.54, 1.807) is 0 Å². The molecule has 1 saturated heterocycles. The van der Waals surface area contributed by atoms with E-state index in [0.29, 0.717) is 0 Å². The molecule has 0 aromatic heterocycles. The monoisotopic (exact) mass is 875 g/mol. The predicted octanol–water partition coefficient (Wildman–Crippen LogP) is 11.2. The fourth-order valence-corrected chi connectivity index (χ4v) is 25.5. The summed E-state index contributed by atoms with van der Waals surface area (Å²) < 4.78 is 31.7. The van der Waals surface area contributed by atoms with Crippen LogP contribution in [0.15, 0.2) is 24.3 Å². The summed E-state index contributed by atoms with van der Waals surface area (Å²) in [5.74, 6) is 0. The van der Waals surface area contributed by atoms with Crippen molar-refractivity contribution in [1.82, 2.24) is 0 Å². The summed E-state index contributed by atoms with van der Waals surface area (Å²) in [5, 5.41) is 0. The van der Waals surface area contributed by atoms with E-state index in [4.69, 9.17) is 19.4 Å². The van der Waals surface area contributed by atoms with Gasteiger partial charge >= 0.3 is 165 Å². The third kappa shape index (κ3) is 12.7. The minimum Gasteiger partial charge on any atom is -1.00 e. The van der Waals surface area contributed by atoms with Crippen molar-refractivity contribution in [2.75, 3.05) is 22.9 Å². The zero-order valence-electron chi connectivity index (χ0n) is 31.8. The van der Waals surface area contributed by atoms with Gasteiger partial charge in [0.05, 0.1) is 0 Å². The quantitative estimate of drug-likeness (QED) is 0.123. The van der Waals surface area contributed by atoms with E-state index in [0.717, 1.165) is 30.1 Å². The Hall–Kier alpha value is -0.672. The molecule has 0 bridgehead atoms. The molecule has 2 aromatic carbocycles. The van der Waals surface area contributed by atoms with Gasteiger partial charge in [-0.1, -0.05) is 42.8 Å². The number of halogens is 6. The van der Waals surface area contributed by atoms with E-state index in [1.807, 2.05) is 0 Å². The van der Waals surface area contributed by atoms with Gasteiger partial charge in [-0.15, -0.1) is 0 Å². The molecule has 0 unspecified atom stereocenters. The van der Waals surface area contributed by atoms with Crippen molar-refractivity contribution in [3.8, 4) is 0 Å². The first-order chi connectivity index (χ1) is 23.8. The molecular weight excluding hydrogens is 810 g/mol. The van der Waals surface area contributed by atoms with Gasteiger partial charge in [0, 0.05) is 24.5 Å². The summed E-state index contributed by atoms with van der Waals surface area (Å²) in [6.07, 6.45) is 22.2. The van der Waals surface area contributed by atoms with Crippen LogP contribution in [0.5, 0.6) is 0 Å². The van der Waals surface area contributed by atoms with E-state index >= 15 is 0 Å². The maximum Gasteiger partial charge on any atom is -1.00 e. The van der Waals surface area contributed by atoms with Gasteiger partial charge in [-0.05, 0) is 63.8 Å². The Bertz CT molecular complexity index is 1250. The Labute approximate surface area is 328 Å². The maximum atomic E-state index is 9.67. The molecule has 1 aliphatic heterocycles. The molecule has 2 nitrogen and oxygen atoms in total. The minimum atomic E-state index is -3.67. The van der Waals surface area contributed by atoms with Crippen molar-refractivity contribution in [2.24, 2.45) is 0 Å². The SMILES string of the molecule is C.Cc1cc(C)c(N2[CH-]N(c3c(C)cc(C)cc3C)CC2)c(C)c1.FB(F)F.[Cl][Ru]([Cl])=[CH][P+](C1CCCCC1)(C1CCCCC1)C1CCCCC1.[F-]. The van der Waals surface area contributed by atoms with Gasteiger partial charge < -0.3 is 14.5 Å². The molecule has 0 atom stereocenters. The summed E-state index contributed by atoms with van der Waals surface area (Å²) in [6.45, 7) is 17.6. The summed E-state index contributed by atoms with van der Waals surface area (Å²) in [5.41, 5.74) is 13.8. The number of aryl methyl sites for hydroxylation is 6. The Balaban J connectivity index is 0.000000316. The summed E-state index contributed by atoms with van der Waals surface area (Å²) in [7, 11) is 8.43. The number of rotatable bonds is 6. The van der Waals surface area contributed by atoms with Crippen LogP contribution in [0.2, 0.25) is 0 Å². The van der Waals surface area contributed by atoms with E-state index in [1.165, 1.54) is 141 Å². The molecule has 52 heavy (non-hydrogen) atoms. The Morgan fingerprint density at radius 1 is 0.615 bits per heavy atom. The van der Waals surface area contributed by atoms with Gasteiger partial charge in [0.25, 0.3) is 0 Å². The summed E-state index contributed by atoms with van der Waals surface area (Å²) in [4.78, 5) is 4.81. The topological polar surface area (TPSA) is 6.48 Å². The third-order valence-corrected chi connectivity index (χ3v) is 23.2. The number of hydrogen-bond acceptors (Lipinski definition) is 2. The van der Waals surface area contributed by atoms with Gasteiger partial charge in [-0.2, -0.15) is 6.67 Å². The van der Waals surface area contributed by atoms with Crippen LogP contribution in [0.1, 0.15) is 137 Å². The van der Waals surface area contributed by atoms with Crippen LogP contribution < -0.4 is 14.5 Å². The fraction of sp³-hybridized carbons (Fsp3) is 0.659. The second-order valence-corrected chi connectivity index (χ2v) is 26.0. The van der Waals surface area contributed by atoms with Crippen molar-refractivity contribution < 1.29 is 31.2 Å². The first-order valence-corrected chi connectivity index (χ1v) is 26.6. The van der Waals surface area contributed by atoms with Crippen LogP contribution in [0, 0.1) is 48.2 Å². The number of hydrogen-bond donors (Lipinski definition) is 0. The summed E-state index contributed by atoms with van der Waals surface area (Å²) in [6, 6.07) is 9.12. The van der Waals surface area contributed by atoms with Gasteiger partial charge in [0.2, 0.25) is 0 Å². The molecule has 4 aliphatic rings. The van der Waals surface area contributed by atoms with Crippen LogP contribution in [0.25, 0.3) is 0 Å². The predicted molar refractivity (Wildman–Crippen MR) is 221 cm³/mol. The van der Waals surface area contributed by atoms with Gasteiger partial charge in [-0.3, -0.25) is 12.9 Å². The van der Waals surface area contributed by atoms with Crippen molar-refractivity contribution in [2.45, 2.75) is 162 Å². The molecule has 11 heteroatoms. The van der Waals surface area contributed by atoms with Crippen molar-refractivity contribution >= 4 is 49.9 Å². The zero-order valence-corrected chi connectivity index (χ0v) is 35.9. The van der Waals surface area contributed by atoms with Crippen LogP contribution in [0.3, 0.4) is 0 Å². The van der Waals surface area contributed by atoms with Crippen LogP contribution in [-0.4, -0.2) is 42.0 Å². The second kappa shape index (κ2) is 22.8. The van der Waals surface area contributed by atoms with E-state index < -0.39 is 28.3 Å². The molecular formula is C41H65BCl2F4N2PRu-. The minimum absolute atomic E-state index is 0. The zero-order chi connectivity index (χ0) is 36.4. The molecule has 4 fully saturated rings. The number of anilines is 2. The van der Waals surface area contributed by atoms with Crippen molar-refractivity contribution in [3.63, 3.8) is 0 Å². The number of nitrogens with zero attached hydrogens (tertiary/aromatic N) is 2. The third-order valence-electron chi connectivity index (χ3n) is 11.6. The normalized spacial score (nSPS) is 18.9. The first kappa shape index (κ1) is 47.5. The van der Waals surface area contributed by atoms with Gasteiger partial charge in [-0.25, -0.2) is 0 Å². The van der Waals surface area contributed by atoms with Crippen molar-refractivity contribution in [1.29, 1.82) is 0 Å². The Morgan fingerprint density at radius 3 is 1.13 bits per heavy atom. The Kier molecular flexibility index (Phi) is 20.8. The molecule has 298 valence electrons. The van der Waals surface area contributed by atoms with Crippen molar-refractivity contribution in [3.05, 3.63) is 64.3 Å². The smallest absolute Gasteiger partial charge is 1.00 e. The average molecular weight is 876 g/mol. The maximum absolute atomic E-state index is 9.67. The van der Waals surface area contributed by atoms with E-state index in [-0.39, 0.29) is 12.1 Å². The molecule has 2 aromatic rings. The summed E-state index contributed by atoms with van der Waals surface area (Å²) >= 11 is -1.68. The largest absolute Gasteiger partial charge is 1.00 e. The average Bonchev–Trinajstić information content (AvgIpc) is 3.52. The molecule has 0 spiro atoms. The first-order valence-electron chi connectivity index (χ1n) is 19.0. The van der Waals surface area contributed by atoms with E-state index in [9.17, 15) is 12.9 Å². The molecule has 3 saturated carbocycles. The fourth-order valence-electron chi connectivity index (χ4n) is 9.91. The van der Waals surface area contributed by atoms with E-state index in [2.05, 4.69) is 86.6 Å². The Morgan fingerprint density at radius 2 is 0.885 bits per heavy atom. The molecule has 6 rings (SSSR count). The molecule has 0 N–H and O–H groups in total. The molecule has 1 heterocycles. The molecule has 0 radical (unpaired) electrons. The van der Waals surface area contributed by atoms with Gasteiger partial charge in [0.1, 0.15) is 0 Å². The standard InChI is InChI=1S/C21H27N2.C19H34P.CH4.BF3.2ClH.FH.Ru/c1-14-9-16(3)20(17(4)10-14)22-7-8-23(13-22)21-18(5)11-15(2)12-19(21)6;1-20(17-11-5-2-6-12-17,18-13-7-3-8-14-18)19-15-9-4-10-16-19;;2-1(3)4;;;;/h9-13H,7-8H2,1-6H3;1,17-19H,2-16H2;1H4;;3*1H;/q-1;+1;;;;;;+2/p-3. The second-order valence-electron chi connectivity index (χ2n) is 15.3. The molecule has 0 amide bonds.